The molecule has 0 bridgehead atoms. The monoisotopic (exact) mass is 366 g/mol. The first kappa shape index (κ1) is 16.0. The van der Waals surface area contributed by atoms with Gasteiger partial charge >= 0.3 is 0 Å². The lowest BCUT2D eigenvalue weighted by atomic mass is 10.1. The van der Waals surface area contributed by atoms with Crippen LogP contribution >= 0.6 is 0 Å². The summed E-state index contributed by atoms with van der Waals surface area (Å²) in [4.78, 5) is 16.8. The fourth-order valence-corrected chi connectivity index (χ4v) is 3.78. The average molecular weight is 366 g/mol. The first-order valence-corrected chi connectivity index (χ1v) is 8.87. The van der Waals surface area contributed by atoms with Crippen LogP contribution in [0, 0.1) is 11.6 Å². The highest BCUT2D eigenvalue weighted by Gasteiger charge is 2.25. The van der Waals surface area contributed by atoms with Gasteiger partial charge in [-0.25, -0.2) is 13.3 Å². The highest BCUT2D eigenvalue weighted by Crippen LogP contribution is 2.32. The largest absolute Gasteiger partial charge is 0.367 e. The van der Waals surface area contributed by atoms with Crippen molar-refractivity contribution in [2.24, 2.45) is 0 Å². The van der Waals surface area contributed by atoms with Gasteiger partial charge in [-0.2, -0.15) is 5.10 Å². The summed E-state index contributed by atoms with van der Waals surface area (Å²) in [6.45, 7) is 1.19. The summed E-state index contributed by atoms with van der Waals surface area (Å²) >= 11 is 0. The molecule has 1 fully saturated rings. The quantitative estimate of drug-likeness (QED) is 0.588. The Labute approximate surface area is 152 Å². The van der Waals surface area contributed by atoms with Crippen molar-refractivity contribution in [2.45, 2.75) is 12.8 Å². The van der Waals surface area contributed by atoms with E-state index < -0.39 is 17.2 Å². The lowest BCUT2D eigenvalue weighted by Crippen LogP contribution is -2.22. The van der Waals surface area contributed by atoms with Crippen molar-refractivity contribution < 1.29 is 8.78 Å². The van der Waals surface area contributed by atoms with Crippen LogP contribution in [0.5, 0.6) is 0 Å². The summed E-state index contributed by atoms with van der Waals surface area (Å²) in [5.74, 6) is -1.46. The number of benzene rings is 2. The van der Waals surface area contributed by atoms with Crippen LogP contribution in [0.25, 0.3) is 27.8 Å². The second-order valence-electron chi connectivity index (χ2n) is 6.76. The Hall–Kier alpha value is -3.22. The lowest BCUT2D eigenvalue weighted by molar-refractivity contribution is 0.582. The second kappa shape index (κ2) is 5.90. The maximum Gasteiger partial charge on any atom is 0.259 e. The zero-order valence-electron chi connectivity index (χ0n) is 14.4. The number of fused-ring (bicyclic) bond motifs is 3. The molecule has 2 aromatic heterocycles. The number of aromatic amines is 1. The molecular formula is C20H16F2N4O. The van der Waals surface area contributed by atoms with Gasteiger partial charge in [0.15, 0.2) is 5.82 Å². The van der Waals surface area contributed by atoms with Crippen LogP contribution in [0.3, 0.4) is 0 Å². The predicted molar refractivity (Wildman–Crippen MR) is 100 cm³/mol. The minimum absolute atomic E-state index is 0.000712. The van der Waals surface area contributed by atoms with E-state index in [1.54, 1.807) is 11.0 Å². The van der Waals surface area contributed by atoms with Crippen LogP contribution in [0.1, 0.15) is 12.8 Å². The summed E-state index contributed by atoms with van der Waals surface area (Å²) < 4.78 is 31.4. The maximum absolute atomic E-state index is 15.4. The minimum Gasteiger partial charge on any atom is -0.367 e. The van der Waals surface area contributed by atoms with Crippen molar-refractivity contribution in [1.29, 1.82) is 0 Å². The molecule has 0 saturated carbocycles. The van der Waals surface area contributed by atoms with Crippen molar-refractivity contribution in [2.75, 3.05) is 18.0 Å². The molecule has 0 radical (unpaired) electrons. The summed E-state index contributed by atoms with van der Waals surface area (Å²) in [7, 11) is 0. The standard InChI is InChI=1S/C20H16F2N4O/c21-14-10-13-18(17(22)19(14)25-8-4-5-9-25)26-16(23-20(13)27)11-15(24-26)12-6-2-1-3-7-12/h1-3,6-7,10-11H,4-5,8-9H2,(H,23,27). The van der Waals surface area contributed by atoms with E-state index in [9.17, 15) is 9.18 Å². The van der Waals surface area contributed by atoms with Gasteiger partial charge < -0.3 is 9.88 Å². The molecular weight excluding hydrogens is 350 g/mol. The molecule has 5 nitrogen and oxygen atoms in total. The maximum atomic E-state index is 15.4. The molecule has 7 heteroatoms. The zero-order valence-corrected chi connectivity index (χ0v) is 14.4. The van der Waals surface area contributed by atoms with E-state index in [1.165, 1.54) is 4.52 Å². The van der Waals surface area contributed by atoms with E-state index in [0.717, 1.165) is 24.5 Å². The summed E-state index contributed by atoms with van der Waals surface area (Å²) in [5, 5.41) is 4.42. The third-order valence-corrected chi connectivity index (χ3v) is 5.07. The van der Waals surface area contributed by atoms with Gasteiger partial charge in [0, 0.05) is 24.7 Å². The molecule has 1 aliphatic heterocycles. The van der Waals surface area contributed by atoms with Crippen molar-refractivity contribution in [3.05, 3.63) is 64.5 Å². The van der Waals surface area contributed by atoms with E-state index in [2.05, 4.69) is 10.1 Å². The van der Waals surface area contributed by atoms with E-state index >= 15 is 4.39 Å². The van der Waals surface area contributed by atoms with Gasteiger partial charge in [-0.3, -0.25) is 4.79 Å². The zero-order chi connectivity index (χ0) is 18.5. The molecule has 1 N–H and O–H groups in total. The predicted octanol–water partition coefficient (Wildman–Crippen LogP) is 3.72. The van der Waals surface area contributed by atoms with Gasteiger partial charge in [0.05, 0.1) is 11.1 Å². The Morgan fingerprint density at radius 1 is 1.04 bits per heavy atom. The number of halogens is 2. The first-order chi connectivity index (χ1) is 13.1. The third kappa shape index (κ3) is 2.42. The fraction of sp³-hybridized carbons (Fsp3) is 0.200. The first-order valence-electron chi connectivity index (χ1n) is 8.87. The number of aromatic nitrogens is 3. The van der Waals surface area contributed by atoms with Crippen molar-refractivity contribution in [1.82, 2.24) is 14.6 Å². The van der Waals surface area contributed by atoms with Crippen LogP contribution in [0.4, 0.5) is 14.5 Å². The molecule has 0 amide bonds. The number of nitrogens with zero attached hydrogens (tertiary/aromatic N) is 3. The molecule has 1 aliphatic rings. The molecule has 0 aliphatic carbocycles. The normalized spacial score (nSPS) is 14.5. The smallest absolute Gasteiger partial charge is 0.259 e. The molecule has 0 unspecified atom stereocenters. The van der Waals surface area contributed by atoms with E-state index in [-0.39, 0.29) is 16.6 Å². The van der Waals surface area contributed by atoms with E-state index in [0.29, 0.717) is 24.4 Å². The van der Waals surface area contributed by atoms with Gasteiger partial charge in [0.2, 0.25) is 0 Å². The number of H-pyrrole nitrogens is 1. The average Bonchev–Trinajstić information content (AvgIpc) is 3.32. The Morgan fingerprint density at radius 3 is 2.52 bits per heavy atom. The molecule has 3 heterocycles. The fourth-order valence-electron chi connectivity index (χ4n) is 3.78. The number of hydrogen-bond donors (Lipinski definition) is 1. The molecule has 27 heavy (non-hydrogen) atoms. The Balaban J connectivity index is 1.84. The molecule has 4 aromatic rings. The van der Waals surface area contributed by atoms with E-state index in [4.69, 9.17) is 0 Å². The second-order valence-corrected chi connectivity index (χ2v) is 6.76. The molecule has 136 valence electrons. The Kier molecular flexibility index (Phi) is 3.50. The van der Waals surface area contributed by atoms with Crippen LogP contribution in [0.2, 0.25) is 0 Å². The van der Waals surface area contributed by atoms with Gasteiger partial charge in [-0.05, 0) is 18.9 Å². The summed E-state index contributed by atoms with van der Waals surface area (Å²) in [5.41, 5.74) is 1.19. The topological polar surface area (TPSA) is 53.4 Å². The number of rotatable bonds is 2. The number of anilines is 1. The Bertz CT molecular complexity index is 1220. The van der Waals surface area contributed by atoms with Crippen LogP contribution < -0.4 is 10.5 Å². The number of nitrogens with one attached hydrogen (secondary N) is 1. The Morgan fingerprint density at radius 2 is 1.78 bits per heavy atom. The van der Waals surface area contributed by atoms with Crippen LogP contribution in [-0.2, 0) is 0 Å². The molecule has 2 aromatic carbocycles. The molecule has 0 atom stereocenters. The van der Waals surface area contributed by atoms with Crippen LogP contribution in [0.15, 0.2) is 47.3 Å². The van der Waals surface area contributed by atoms with Crippen LogP contribution in [-0.4, -0.2) is 27.7 Å². The highest BCUT2D eigenvalue weighted by molar-refractivity contribution is 5.86. The lowest BCUT2D eigenvalue weighted by Gasteiger charge is -2.20. The van der Waals surface area contributed by atoms with Crippen molar-refractivity contribution in [3.8, 4) is 11.3 Å². The van der Waals surface area contributed by atoms with Gasteiger partial charge in [0.1, 0.15) is 22.7 Å². The number of hydrogen-bond acceptors (Lipinski definition) is 3. The van der Waals surface area contributed by atoms with Gasteiger partial charge in [0.25, 0.3) is 5.56 Å². The van der Waals surface area contributed by atoms with E-state index in [1.807, 2.05) is 30.3 Å². The van der Waals surface area contributed by atoms with Crippen molar-refractivity contribution >= 4 is 22.2 Å². The third-order valence-electron chi connectivity index (χ3n) is 5.07. The van der Waals surface area contributed by atoms with Crippen molar-refractivity contribution in [3.63, 3.8) is 0 Å². The molecule has 0 spiro atoms. The molecule has 5 rings (SSSR count). The highest BCUT2D eigenvalue weighted by atomic mass is 19.1. The summed E-state index contributed by atoms with van der Waals surface area (Å²) in [6.07, 6.45) is 1.78. The van der Waals surface area contributed by atoms with Gasteiger partial charge in [-0.1, -0.05) is 30.3 Å². The molecule has 1 saturated heterocycles. The summed E-state index contributed by atoms with van der Waals surface area (Å²) in [6, 6.07) is 12.2. The van der Waals surface area contributed by atoms with Gasteiger partial charge in [-0.15, -0.1) is 0 Å². The minimum atomic E-state index is -0.745. The SMILES string of the molecule is O=c1[nH]c2cc(-c3ccccc3)nn2c2c(F)c(N3CCCC3)c(F)cc12.